The first-order chi connectivity index (χ1) is 11.3. The molecular formula is C17H19BrN2O3. The second kappa shape index (κ2) is 6.17. The van der Waals surface area contributed by atoms with Crippen molar-refractivity contribution in [3.8, 4) is 11.5 Å². The minimum Gasteiger partial charge on any atom is -0.454 e. The van der Waals surface area contributed by atoms with Gasteiger partial charge in [0.05, 0.1) is 0 Å². The van der Waals surface area contributed by atoms with E-state index in [1.165, 1.54) is 6.42 Å². The van der Waals surface area contributed by atoms with E-state index in [-0.39, 0.29) is 13.4 Å². The molecule has 0 saturated carbocycles. The van der Waals surface area contributed by atoms with Crippen LogP contribution in [0.5, 0.6) is 11.5 Å². The summed E-state index contributed by atoms with van der Waals surface area (Å²) in [6, 6.07) is 4.38. The Morgan fingerprint density at radius 3 is 2.78 bits per heavy atom. The van der Waals surface area contributed by atoms with E-state index in [2.05, 4.69) is 25.8 Å². The fourth-order valence-electron chi connectivity index (χ4n) is 3.54. The van der Waals surface area contributed by atoms with Crippen LogP contribution in [-0.2, 0) is 0 Å². The van der Waals surface area contributed by atoms with Gasteiger partial charge in [0.15, 0.2) is 11.5 Å². The lowest BCUT2D eigenvalue weighted by Gasteiger charge is -2.37. The van der Waals surface area contributed by atoms with Gasteiger partial charge in [-0.1, -0.05) is 0 Å². The number of fused-ring (bicyclic) bond motifs is 2. The number of ether oxygens (including phenoxy) is 2. The first-order valence-corrected chi connectivity index (χ1v) is 8.82. The molecule has 0 bridgehead atoms. The summed E-state index contributed by atoms with van der Waals surface area (Å²) in [5.41, 5.74) is 0. The van der Waals surface area contributed by atoms with Crippen molar-refractivity contribution in [2.45, 2.75) is 31.7 Å². The van der Waals surface area contributed by atoms with Gasteiger partial charge in [0, 0.05) is 40.6 Å². The third-order valence-electron chi connectivity index (χ3n) is 4.67. The molecule has 2 aliphatic rings. The first kappa shape index (κ1) is 15.0. The highest BCUT2D eigenvalue weighted by Crippen LogP contribution is 2.42. The van der Waals surface area contributed by atoms with Gasteiger partial charge in [0.1, 0.15) is 5.82 Å². The van der Waals surface area contributed by atoms with E-state index in [1.54, 1.807) is 0 Å². The largest absolute Gasteiger partial charge is 0.454 e. The Balaban J connectivity index is 1.84. The average Bonchev–Trinajstić information content (AvgIpc) is 3.02. The molecule has 1 atom stereocenters. The molecule has 2 aromatic rings. The summed E-state index contributed by atoms with van der Waals surface area (Å²) in [4.78, 5) is 7.03. The summed E-state index contributed by atoms with van der Waals surface area (Å²) in [5, 5.41) is 11.5. The quantitative estimate of drug-likeness (QED) is 0.885. The molecule has 1 fully saturated rings. The second-order valence-corrected chi connectivity index (χ2v) is 6.89. The Morgan fingerprint density at radius 1 is 1.22 bits per heavy atom. The maximum atomic E-state index is 9.38. The highest BCUT2D eigenvalue weighted by Gasteiger charge is 2.26. The monoisotopic (exact) mass is 378 g/mol. The van der Waals surface area contributed by atoms with E-state index in [1.807, 2.05) is 18.3 Å². The minimum atomic E-state index is 0.210. The number of nitrogens with zero attached hydrogens (tertiary/aromatic N) is 2. The van der Waals surface area contributed by atoms with Gasteiger partial charge in [-0.2, -0.15) is 0 Å². The van der Waals surface area contributed by atoms with Crippen LogP contribution in [0.25, 0.3) is 10.8 Å². The molecule has 1 aromatic heterocycles. The maximum Gasteiger partial charge on any atom is 0.231 e. The standard InChI is InChI=1S/C17H19BrN2O3/c18-14-9-19-17(20-5-2-1-3-11(20)4-6-21)13-8-16-15(7-12(13)14)22-10-23-16/h7-9,11,21H,1-6,10H2. The van der Waals surface area contributed by atoms with Crippen LogP contribution in [-0.4, -0.2) is 36.1 Å². The summed E-state index contributed by atoms with van der Waals surface area (Å²) < 4.78 is 12.0. The van der Waals surface area contributed by atoms with Gasteiger partial charge in [0.2, 0.25) is 6.79 Å². The van der Waals surface area contributed by atoms with Crippen molar-refractivity contribution in [3.63, 3.8) is 0 Å². The maximum absolute atomic E-state index is 9.38. The lowest BCUT2D eigenvalue weighted by molar-refractivity contribution is 0.174. The van der Waals surface area contributed by atoms with Gasteiger partial charge >= 0.3 is 0 Å². The van der Waals surface area contributed by atoms with Crippen LogP contribution in [0.4, 0.5) is 5.82 Å². The van der Waals surface area contributed by atoms with Gasteiger partial charge in [-0.05, 0) is 53.7 Å². The summed E-state index contributed by atoms with van der Waals surface area (Å²) in [6.07, 6.45) is 6.10. The van der Waals surface area contributed by atoms with Crippen molar-refractivity contribution in [1.82, 2.24) is 4.98 Å². The molecule has 3 heterocycles. The molecule has 0 radical (unpaired) electrons. The topological polar surface area (TPSA) is 54.8 Å². The molecule has 0 spiro atoms. The number of aliphatic hydroxyl groups excluding tert-OH is 1. The van der Waals surface area contributed by atoms with Gasteiger partial charge in [-0.25, -0.2) is 4.98 Å². The molecule has 1 unspecified atom stereocenters. The zero-order chi connectivity index (χ0) is 15.8. The zero-order valence-electron chi connectivity index (χ0n) is 12.8. The van der Waals surface area contributed by atoms with E-state index in [0.29, 0.717) is 6.04 Å². The number of rotatable bonds is 3. The number of aliphatic hydroxyl groups is 1. The summed E-state index contributed by atoms with van der Waals surface area (Å²) >= 11 is 3.59. The predicted octanol–water partition coefficient (Wildman–Crippen LogP) is 3.47. The number of benzene rings is 1. The molecular weight excluding hydrogens is 360 g/mol. The van der Waals surface area contributed by atoms with Crippen LogP contribution in [0, 0.1) is 0 Å². The fraction of sp³-hybridized carbons (Fsp3) is 0.471. The van der Waals surface area contributed by atoms with E-state index >= 15 is 0 Å². The minimum absolute atomic E-state index is 0.210. The van der Waals surface area contributed by atoms with E-state index in [9.17, 15) is 5.11 Å². The summed E-state index contributed by atoms with van der Waals surface area (Å²) in [5.74, 6) is 2.52. The Kier molecular flexibility index (Phi) is 4.03. The van der Waals surface area contributed by atoms with Crippen molar-refractivity contribution >= 4 is 32.5 Å². The lowest BCUT2D eigenvalue weighted by Crippen LogP contribution is -2.40. The van der Waals surface area contributed by atoms with Crippen molar-refractivity contribution in [3.05, 3.63) is 22.8 Å². The Labute approximate surface area is 143 Å². The predicted molar refractivity (Wildman–Crippen MR) is 92.3 cm³/mol. The van der Waals surface area contributed by atoms with E-state index < -0.39 is 0 Å². The highest BCUT2D eigenvalue weighted by atomic mass is 79.9. The fourth-order valence-corrected chi connectivity index (χ4v) is 3.97. The van der Waals surface area contributed by atoms with E-state index in [4.69, 9.17) is 9.47 Å². The zero-order valence-corrected chi connectivity index (χ0v) is 14.4. The highest BCUT2D eigenvalue weighted by molar-refractivity contribution is 9.10. The molecule has 23 heavy (non-hydrogen) atoms. The number of pyridine rings is 1. The molecule has 122 valence electrons. The number of hydrogen-bond donors (Lipinski definition) is 1. The second-order valence-electron chi connectivity index (χ2n) is 6.04. The average molecular weight is 379 g/mol. The number of halogens is 1. The SMILES string of the molecule is OCCC1CCCCN1c1ncc(Br)c2cc3c(cc12)OCO3. The number of anilines is 1. The van der Waals surface area contributed by atoms with E-state index in [0.717, 1.165) is 58.4 Å². The third-order valence-corrected chi connectivity index (χ3v) is 5.30. The van der Waals surface area contributed by atoms with Gasteiger partial charge in [-0.15, -0.1) is 0 Å². The van der Waals surface area contributed by atoms with Gasteiger partial charge < -0.3 is 19.5 Å². The number of aromatic nitrogens is 1. The smallest absolute Gasteiger partial charge is 0.231 e. The van der Waals surface area contributed by atoms with Crippen molar-refractivity contribution < 1.29 is 14.6 Å². The van der Waals surface area contributed by atoms with Crippen LogP contribution in [0.15, 0.2) is 22.8 Å². The third kappa shape index (κ3) is 2.64. The molecule has 6 heteroatoms. The summed E-state index contributed by atoms with van der Waals surface area (Å²) in [6.45, 7) is 1.45. The van der Waals surface area contributed by atoms with Crippen molar-refractivity contribution in [2.75, 3.05) is 24.8 Å². The molecule has 1 saturated heterocycles. The lowest BCUT2D eigenvalue weighted by atomic mass is 9.98. The molecule has 5 nitrogen and oxygen atoms in total. The van der Waals surface area contributed by atoms with Crippen LogP contribution in [0.2, 0.25) is 0 Å². The summed E-state index contributed by atoms with van der Waals surface area (Å²) in [7, 11) is 0. The van der Waals surface area contributed by atoms with Gasteiger partial charge in [0.25, 0.3) is 0 Å². The molecule has 1 aromatic carbocycles. The normalized spacial score (nSPS) is 20.3. The Bertz CT molecular complexity index is 735. The Morgan fingerprint density at radius 2 is 2.00 bits per heavy atom. The van der Waals surface area contributed by atoms with Gasteiger partial charge in [-0.3, -0.25) is 0 Å². The Hall–Kier alpha value is -1.53. The van der Waals surface area contributed by atoms with Crippen molar-refractivity contribution in [1.29, 1.82) is 0 Å². The molecule has 0 aliphatic carbocycles. The first-order valence-electron chi connectivity index (χ1n) is 8.03. The number of piperidine rings is 1. The van der Waals surface area contributed by atoms with Crippen LogP contribution in [0.1, 0.15) is 25.7 Å². The van der Waals surface area contributed by atoms with Crippen LogP contribution < -0.4 is 14.4 Å². The van der Waals surface area contributed by atoms with Crippen molar-refractivity contribution in [2.24, 2.45) is 0 Å². The number of hydrogen-bond acceptors (Lipinski definition) is 5. The van der Waals surface area contributed by atoms with Crippen LogP contribution >= 0.6 is 15.9 Å². The van der Waals surface area contributed by atoms with Crippen LogP contribution in [0.3, 0.4) is 0 Å². The molecule has 4 rings (SSSR count). The molecule has 0 amide bonds. The molecule has 1 N–H and O–H groups in total. The molecule has 2 aliphatic heterocycles.